The van der Waals surface area contributed by atoms with Crippen LogP contribution in [-0.4, -0.2) is 40.5 Å². The summed E-state index contributed by atoms with van der Waals surface area (Å²) in [6.07, 6.45) is 4.60. The Hall–Kier alpha value is -2.50. The van der Waals surface area contributed by atoms with Crippen LogP contribution >= 0.6 is 0 Å². The number of hydrogen-bond donors (Lipinski definition) is 1. The number of aromatic nitrogens is 3. The first-order valence-corrected chi connectivity index (χ1v) is 9.28. The fourth-order valence-corrected chi connectivity index (χ4v) is 4.34. The molecule has 0 unspecified atom stereocenters. The van der Waals surface area contributed by atoms with Gasteiger partial charge in [-0.15, -0.1) is 0 Å². The van der Waals surface area contributed by atoms with Gasteiger partial charge >= 0.3 is 0 Å². The summed E-state index contributed by atoms with van der Waals surface area (Å²) in [5.74, 6) is 2.00. The van der Waals surface area contributed by atoms with Crippen molar-refractivity contribution in [2.45, 2.75) is 39.2 Å². The van der Waals surface area contributed by atoms with E-state index in [4.69, 9.17) is 4.98 Å². The maximum absolute atomic E-state index is 11.7. The molecule has 2 aliphatic rings. The molecular weight excluding hydrogens is 326 g/mol. The van der Waals surface area contributed by atoms with Gasteiger partial charge in [0.15, 0.2) is 0 Å². The molecule has 3 atom stereocenters. The third-order valence-electron chi connectivity index (χ3n) is 5.83. The van der Waals surface area contributed by atoms with Crippen LogP contribution in [0.3, 0.4) is 0 Å². The van der Waals surface area contributed by atoms with Crippen molar-refractivity contribution >= 4 is 11.9 Å². The van der Waals surface area contributed by atoms with Gasteiger partial charge in [-0.05, 0) is 56.7 Å². The largest absolute Gasteiger partial charge is 0.356 e. The number of anilines is 1. The van der Waals surface area contributed by atoms with Crippen LogP contribution in [0.2, 0.25) is 0 Å². The molecule has 1 saturated carbocycles. The van der Waals surface area contributed by atoms with E-state index in [1.54, 1.807) is 0 Å². The SMILES string of the molecule is Cc1ccc(-c2ccnc(N(C)[C@H]3C[C@H]4CC(=O)NC[C@H]4C3)n2)c(C)n1. The third kappa shape index (κ3) is 3.16. The molecule has 0 spiro atoms. The minimum atomic E-state index is 0.190. The zero-order valence-corrected chi connectivity index (χ0v) is 15.6. The number of rotatable bonds is 3. The molecule has 0 aromatic carbocycles. The second kappa shape index (κ2) is 6.67. The van der Waals surface area contributed by atoms with Gasteiger partial charge in [0, 0.05) is 49.2 Å². The zero-order chi connectivity index (χ0) is 18.3. The Morgan fingerprint density at radius 2 is 1.92 bits per heavy atom. The van der Waals surface area contributed by atoms with Crippen LogP contribution in [0.4, 0.5) is 5.95 Å². The minimum absolute atomic E-state index is 0.190. The van der Waals surface area contributed by atoms with Crippen LogP contribution in [0.5, 0.6) is 0 Å². The molecule has 1 amide bonds. The minimum Gasteiger partial charge on any atom is -0.356 e. The topological polar surface area (TPSA) is 71.0 Å². The number of carbonyl (C=O) groups is 1. The summed E-state index contributed by atoms with van der Waals surface area (Å²) in [6.45, 7) is 4.82. The maximum Gasteiger partial charge on any atom is 0.225 e. The second-order valence-corrected chi connectivity index (χ2v) is 7.59. The Kier molecular flexibility index (Phi) is 4.34. The lowest BCUT2D eigenvalue weighted by Gasteiger charge is -2.25. The van der Waals surface area contributed by atoms with Gasteiger partial charge in [0.2, 0.25) is 11.9 Å². The number of piperidine rings is 1. The summed E-state index contributed by atoms with van der Waals surface area (Å²) in [5, 5.41) is 3.00. The van der Waals surface area contributed by atoms with Crippen molar-refractivity contribution in [3.63, 3.8) is 0 Å². The van der Waals surface area contributed by atoms with E-state index < -0.39 is 0 Å². The number of fused-ring (bicyclic) bond motifs is 1. The van der Waals surface area contributed by atoms with Gasteiger partial charge in [-0.3, -0.25) is 9.78 Å². The van der Waals surface area contributed by atoms with Crippen LogP contribution in [0, 0.1) is 25.7 Å². The first kappa shape index (κ1) is 16.9. The van der Waals surface area contributed by atoms with Crippen molar-refractivity contribution in [3.8, 4) is 11.3 Å². The van der Waals surface area contributed by atoms with Crippen LogP contribution < -0.4 is 10.2 Å². The van der Waals surface area contributed by atoms with Crippen LogP contribution in [0.25, 0.3) is 11.3 Å². The number of amides is 1. The summed E-state index contributed by atoms with van der Waals surface area (Å²) >= 11 is 0. The summed E-state index contributed by atoms with van der Waals surface area (Å²) in [7, 11) is 2.07. The highest BCUT2D eigenvalue weighted by Gasteiger charge is 2.40. The number of hydrogen-bond acceptors (Lipinski definition) is 5. The van der Waals surface area contributed by atoms with E-state index >= 15 is 0 Å². The molecule has 6 nitrogen and oxygen atoms in total. The molecular formula is C20H25N5O. The van der Waals surface area contributed by atoms with E-state index in [0.717, 1.165) is 48.0 Å². The summed E-state index contributed by atoms with van der Waals surface area (Å²) in [4.78, 5) is 27.7. The Labute approximate surface area is 154 Å². The maximum atomic E-state index is 11.7. The standard InChI is InChI=1S/C20H25N5O/c1-12-4-5-17(13(2)23-12)18-6-7-21-20(24-18)25(3)16-8-14-10-19(26)22-11-15(14)9-16/h4-7,14-16H,8-11H2,1-3H3,(H,22,26)/t14-,15+,16-/m0/s1. The zero-order valence-electron chi connectivity index (χ0n) is 15.6. The Bertz CT molecular complexity index is 837. The summed E-state index contributed by atoms with van der Waals surface area (Å²) in [5.41, 5.74) is 3.93. The van der Waals surface area contributed by atoms with E-state index in [-0.39, 0.29) is 5.91 Å². The van der Waals surface area contributed by atoms with E-state index in [2.05, 4.69) is 33.3 Å². The molecule has 0 radical (unpaired) electrons. The number of carbonyl (C=O) groups excluding carboxylic acids is 1. The van der Waals surface area contributed by atoms with Gasteiger partial charge in [-0.1, -0.05) is 0 Å². The van der Waals surface area contributed by atoms with Crippen LogP contribution in [0.1, 0.15) is 30.7 Å². The predicted molar refractivity (Wildman–Crippen MR) is 101 cm³/mol. The summed E-state index contributed by atoms with van der Waals surface area (Å²) in [6, 6.07) is 6.41. The van der Waals surface area contributed by atoms with Gasteiger partial charge < -0.3 is 10.2 Å². The van der Waals surface area contributed by atoms with Crippen LogP contribution in [0.15, 0.2) is 24.4 Å². The number of nitrogens with one attached hydrogen (secondary N) is 1. The van der Waals surface area contributed by atoms with E-state index in [1.807, 2.05) is 32.2 Å². The first-order chi connectivity index (χ1) is 12.5. The smallest absolute Gasteiger partial charge is 0.225 e. The van der Waals surface area contributed by atoms with Gasteiger partial charge in [0.05, 0.1) is 5.69 Å². The first-order valence-electron chi connectivity index (χ1n) is 9.28. The lowest BCUT2D eigenvalue weighted by molar-refractivity contribution is -0.124. The van der Waals surface area contributed by atoms with E-state index in [9.17, 15) is 4.79 Å². The van der Waals surface area contributed by atoms with Crippen molar-refractivity contribution < 1.29 is 4.79 Å². The van der Waals surface area contributed by atoms with Crippen LogP contribution in [-0.2, 0) is 4.79 Å². The highest BCUT2D eigenvalue weighted by molar-refractivity contribution is 5.77. The van der Waals surface area contributed by atoms with Gasteiger partial charge in [-0.2, -0.15) is 0 Å². The molecule has 3 heterocycles. The Balaban J connectivity index is 1.56. The fraction of sp³-hybridized carbons (Fsp3) is 0.500. The molecule has 1 aliphatic heterocycles. The highest BCUT2D eigenvalue weighted by Crippen LogP contribution is 2.39. The molecule has 136 valence electrons. The molecule has 0 bridgehead atoms. The second-order valence-electron chi connectivity index (χ2n) is 7.59. The third-order valence-corrected chi connectivity index (χ3v) is 5.83. The average Bonchev–Trinajstić information content (AvgIpc) is 3.04. The monoisotopic (exact) mass is 351 g/mol. The number of nitrogens with zero attached hydrogens (tertiary/aromatic N) is 4. The molecule has 1 saturated heterocycles. The fourth-order valence-electron chi connectivity index (χ4n) is 4.34. The lowest BCUT2D eigenvalue weighted by Crippen LogP contribution is -2.38. The predicted octanol–water partition coefficient (Wildman–Crippen LogP) is 2.51. The van der Waals surface area contributed by atoms with E-state index in [0.29, 0.717) is 24.3 Å². The van der Waals surface area contributed by atoms with Gasteiger partial charge in [-0.25, -0.2) is 9.97 Å². The molecule has 26 heavy (non-hydrogen) atoms. The molecule has 4 rings (SSSR count). The number of pyridine rings is 1. The normalized spacial score (nSPS) is 24.9. The van der Waals surface area contributed by atoms with Crippen molar-refractivity contribution in [3.05, 3.63) is 35.8 Å². The van der Waals surface area contributed by atoms with Crippen molar-refractivity contribution in [1.82, 2.24) is 20.3 Å². The lowest BCUT2D eigenvalue weighted by atomic mass is 9.89. The molecule has 1 aliphatic carbocycles. The summed E-state index contributed by atoms with van der Waals surface area (Å²) < 4.78 is 0. The quantitative estimate of drug-likeness (QED) is 0.920. The van der Waals surface area contributed by atoms with Crippen molar-refractivity contribution in [2.75, 3.05) is 18.5 Å². The average molecular weight is 351 g/mol. The van der Waals surface area contributed by atoms with E-state index in [1.165, 1.54) is 0 Å². The van der Waals surface area contributed by atoms with Crippen molar-refractivity contribution in [2.24, 2.45) is 11.8 Å². The number of aryl methyl sites for hydroxylation is 2. The van der Waals surface area contributed by atoms with Crippen molar-refractivity contribution in [1.29, 1.82) is 0 Å². The van der Waals surface area contributed by atoms with Gasteiger partial charge in [0.25, 0.3) is 0 Å². The van der Waals surface area contributed by atoms with Gasteiger partial charge in [0.1, 0.15) is 0 Å². The molecule has 2 fully saturated rings. The molecule has 1 N–H and O–H groups in total. The molecule has 6 heteroatoms. The molecule has 2 aromatic heterocycles. The molecule has 2 aromatic rings. The Morgan fingerprint density at radius 1 is 1.12 bits per heavy atom. The highest BCUT2D eigenvalue weighted by atomic mass is 16.1. The Morgan fingerprint density at radius 3 is 2.73 bits per heavy atom.